The molecule has 3 nitrogen and oxygen atoms in total. The molecule has 3 heteroatoms. The van der Waals surface area contributed by atoms with Crippen LogP contribution >= 0.6 is 0 Å². The van der Waals surface area contributed by atoms with Crippen LogP contribution in [0.1, 0.15) is 6.92 Å². The third-order valence-corrected chi connectivity index (χ3v) is 3.47. The van der Waals surface area contributed by atoms with Gasteiger partial charge in [-0.3, -0.25) is 0 Å². The molecule has 1 aromatic carbocycles. The first kappa shape index (κ1) is 15.4. The molecule has 1 aliphatic rings. The van der Waals surface area contributed by atoms with E-state index >= 15 is 0 Å². The largest absolute Gasteiger partial charge is 0.489 e. The molecule has 0 aliphatic carbocycles. The molecule has 1 aliphatic heterocycles. The Bertz CT molecular complexity index is 514. The van der Waals surface area contributed by atoms with Gasteiger partial charge in [-0.2, -0.15) is 0 Å². The number of benzene rings is 1. The first-order valence-electron chi connectivity index (χ1n) is 7.46. The van der Waals surface area contributed by atoms with Crippen LogP contribution in [0.5, 0.6) is 5.75 Å². The highest BCUT2D eigenvalue weighted by molar-refractivity contribution is 5.51. The molecule has 0 atom stereocenters. The molecular formula is C18H24N2O. The summed E-state index contributed by atoms with van der Waals surface area (Å²) in [4.78, 5) is 2.38. The van der Waals surface area contributed by atoms with Gasteiger partial charge in [-0.25, -0.2) is 0 Å². The van der Waals surface area contributed by atoms with Crippen molar-refractivity contribution in [3.63, 3.8) is 0 Å². The van der Waals surface area contributed by atoms with Crippen molar-refractivity contribution in [2.75, 3.05) is 37.7 Å². The zero-order valence-corrected chi connectivity index (χ0v) is 12.7. The number of ether oxygens (including phenoxy) is 1. The molecule has 0 amide bonds. The molecule has 0 spiro atoms. The van der Waals surface area contributed by atoms with Crippen LogP contribution in [0.3, 0.4) is 0 Å². The molecule has 2 rings (SSSR count). The van der Waals surface area contributed by atoms with E-state index in [1.54, 1.807) is 0 Å². The molecule has 1 saturated heterocycles. The van der Waals surface area contributed by atoms with Gasteiger partial charge in [0.2, 0.25) is 0 Å². The van der Waals surface area contributed by atoms with Crippen molar-refractivity contribution in [3.8, 4) is 5.75 Å². The summed E-state index contributed by atoms with van der Waals surface area (Å²) in [7, 11) is 0. The van der Waals surface area contributed by atoms with E-state index in [0.717, 1.165) is 37.5 Å². The van der Waals surface area contributed by atoms with Gasteiger partial charge in [-0.15, -0.1) is 0 Å². The Hall–Kier alpha value is -2.00. The summed E-state index contributed by atoms with van der Waals surface area (Å²) < 4.78 is 5.87. The van der Waals surface area contributed by atoms with Gasteiger partial charge in [0.1, 0.15) is 12.4 Å². The molecule has 0 unspecified atom stereocenters. The van der Waals surface area contributed by atoms with Crippen LogP contribution in [0, 0.1) is 0 Å². The van der Waals surface area contributed by atoms with E-state index in [-0.39, 0.29) is 0 Å². The summed E-state index contributed by atoms with van der Waals surface area (Å²) >= 11 is 0. The fourth-order valence-electron chi connectivity index (χ4n) is 2.25. The molecule has 21 heavy (non-hydrogen) atoms. The molecule has 1 heterocycles. The predicted octanol–water partition coefficient (Wildman–Crippen LogP) is 3.16. The average Bonchev–Trinajstić information content (AvgIpc) is 2.56. The van der Waals surface area contributed by atoms with Gasteiger partial charge in [-0.1, -0.05) is 36.9 Å². The van der Waals surface area contributed by atoms with Crippen LogP contribution in [0.15, 0.2) is 60.7 Å². The lowest BCUT2D eigenvalue weighted by molar-refractivity contribution is 0.355. The first-order valence-corrected chi connectivity index (χ1v) is 7.46. The SMILES string of the molecule is C=C/C(=C\C=C/C)COc1cccc(N2CCNCC2)c1. The first-order chi connectivity index (χ1) is 10.3. The number of nitrogens with zero attached hydrogens (tertiary/aromatic N) is 1. The summed E-state index contributed by atoms with van der Waals surface area (Å²) in [5, 5.41) is 3.37. The topological polar surface area (TPSA) is 24.5 Å². The Labute approximate surface area is 127 Å². The fourth-order valence-corrected chi connectivity index (χ4v) is 2.25. The Morgan fingerprint density at radius 3 is 2.90 bits per heavy atom. The zero-order valence-electron chi connectivity index (χ0n) is 12.7. The van der Waals surface area contributed by atoms with Crippen molar-refractivity contribution in [1.29, 1.82) is 0 Å². The Balaban J connectivity index is 1.98. The predicted molar refractivity (Wildman–Crippen MR) is 90.1 cm³/mol. The van der Waals surface area contributed by atoms with Gasteiger partial charge in [0.15, 0.2) is 0 Å². The quantitative estimate of drug-likeness (QED) is 0.812. The number of hydrogen-bond donors (Lipinski definition) is 1. The zero-order chi connectivity index (χ0) is 14.9. The monoisotopic (exact) mass is 284 g/mol. The summed E-state index contributed by atoms with van der Waals surface area (Å²) in [6, 6.07) is 8.31. The molecule has 0 bridgehead atoms. The standard InChI is InChI=1S/C18H24N2O/c1-3-5-7-16(4-2)15-21-18-9-6-8-17(14-18)20-12-10-19-11-13-20/h3-9,14,19H,2,10-13,15H2,1H3/b5-3-,16-7+. The van der Waals surface area contributed by atoms with Crippen LogP contribution in [0.4, 0.5) is 5.69 Å². The maximum Gasteiger partial charge on any atom is 0.121 e. The van der Waals surface area contributed by atoms with Crippen molar-refractivity contribution in [3.05, 3.63) is 60.7 Å². The number of rotatable bonds is 6. The molecule has 0 aromatic heterocycles. The second kappa shape index (κ2) is 8.32. The van der Waals surface area contributed by atoms with Gasteiger partial charge in [0.05, 0.1) is 0 Å². The van der Waals surface area contributed by atoms with Crippen LogP contribution in [0.25, 0.3) is 0 Å². The van der Waals surface area contributed by atoms with Crippen molar-refractivity contribution in [1.82, 2.24) is 5.32 Å². The normalized spacial score (nSPS) is 16.2. The van der Waals surface area contributed by atoms with E-state index in [4.69, 9.17) is 4.74 Å². The van der Waals surface area contributed by atoms with Crippen LogP contribution in [-0.2, 0) is 0 Å². The minimum absolute atomic E-state index is 0.541. The summed E-state index contributed by atoms with van der Waals surface area (Å²) in [5.74, 6) is 0.902. The summed E-state index contributed by atoms with van der Waals surface area (Å²) in [5.41, 5.74) is 2.30. The van der Waals surface area contributed by atoms with Crippen LogP contribution < -0.4 is 15.0 Å². The number of piperazine rings is 1. The van der Waals surface area contributed by atoms with E-state index in [9.17, 15) is 0 Å². The highest BCUT2D eigenvalue weighted by atomic mass is 16.5. The van der Waals surface area contributed by atoms with E-state index < -0.39 is 0 Å². The number of nitrogens with one attached hydrogen (secondary N) is 1. The summed E-state index contributed by atoms with van der Waals surface area (Å²) in [6.07, 6.45) is 7.85. The maximum atomic E-state index is 5.87. The van der Waals surface area contributed by atoms with Gasteiger partial charge in [-0.05, 0) is 24.6 Å². The Kier molecular flexibility index (Phi) is 6.10. The van der Waals surface area contributed by atoms with Crippen molar-refractivity contribution < 1.29 is 4.74 Å². The minimum atomic E-state index is 0.541. The van der Waals surface area contributed by atoms with Crippen molar-refractivity contribution in [2.24, 2.45) is 0 Å². The van der Waals surface area contributed by atoms with E-state index in [2.05, 4.69) is 35.0 Å². The number of allylic oxidation sites excluding steroid dienone is 3. The number of anilines is 1. The third-order valence-electron chi connectivity index (χ3n) is 3.47. The second-order valence-electron chi connectivity index (χ2n) is 4.99. The molecule has 1 fully saturated rings. The van der Waals surface area contributed by atoms with Crippen LogP contribution in [-0.4, -0.2) is 32.8 Å². The second-order valence-corrected chi connectivity index (χ2v) is 4.99. The van der Waals surface area contributed by atoms with Crippen molar-refractivity contribution >= 4 is 5.69 Å². The minimum Gasteiger partial charge on any atom is -0.489 e. The highest BCUT2D eigenvalue weighted by Gasteiger charge is 2.10. The Morgan fingerprint density at radius 1 is 1.38 bits per heavy atom. The molecule has 0 saturated carbocycles. The lowest BCUT2D eigenvalue weighted by atomic mass is 10.2. The van der Waals surface area contributed by atoms with E-state index in [1.807, 2.05) is 37.3 Å². The number of hydrogen-bond acceptors (Lipinski definition) is 3. The van der Waals surface area contributed by atoms with Crippen molar-refractivity contribution in [2.45, 2.75) is 6.92 Å². The van der Waals surface area contributed by atoms with Gasteiger partial charge >= 0.3 is 0 Å². The van der Waals surface area contributed by atoms with E-state index in [0.29, 0.717) is 6.61 Å². The third kappa shape index (κ3) is 4.80. The molecule has 1 N–H and O–H groups in total. The average molecular weight is 284 g/mol. The lowest BCUT2D eigenvalue weighted by Gasteiger charge is -2.29. The Morgan fingerprint density at radius 2 is 2.19 bits per heavy atom. The van der Waals surface area contributed by atoms with E-state index in [1.165, 1.54) is 5.69 Å². The van der Waals surface area contributed by atoms with Gasteiger partial charge < -0.3 is 15.0 Å². The molecule has 1 aromatic rings. The van der Waals surface area contributed by atoms with Crippen LogP contribution in [0.2, 0.25) is 0 Å². The van der Waals surface area contributed by atoms with Gasteiger partial charge in [0, 0.05) is 37.9 Å². The molecule has 112 valence electrons. The van der Waals surface area contributed by atoms with Gasteiger partial charge in [0.25, 0.3) is 0 Å². The fraction of sp³-hybridized carbons (Fsp3) is 0.333. The molecular weight excluding hydrogens is 260 g/mol. The smallest absolute Gasteiger partial charge is 0.121 e. The summed E-state index contributed by atoms with van der Waals surface area (Å²) in [6.45, 7) is 10.5. The lowest BCUT2D eigenvalue weighted by Crippen LogP contribution is -2.43. The highest BCUT2D eigenvalue weighted by Crippen LogP contribution is 2.22. The molecule has 0 radical (unpaired) electrons. The maximum absolute atomic E-state index is 5.87.